The first-order valence-corrected chi connectivity index (χ1v) is 6.74. The number of hydrogen-bond donors (Lipinski definition) is 1. The lowest BCUT2D eigenvalue weighted by Gasteiger charge is -2.00. The van der Waals surface area contributed by atoms with E-state index in [1.165, 1.54) is 37.4 Å². The summed E-state index contributed by atoms with van der Waals surface area (Å²) in [7, 11) is 0. The topological polar surface area (TPSA) is 63.1 Å². The van der Waals surface area contributed by atoms with Crippen molar-refractivity contribution in [2.75, 3.05) is 5.75 Å². The maximum atomic E-state index is 10.4. The van der Waals surface area contributed by atoms with Crippen LogP contribution >= 0.6 is 23.1 Å². The number of carboxylic acid groups (broad SMARTS) is 1. The molecule has 0 aliphatic heterocycles. The molecule has 0 unspecified atom stereocenters. The van der Waals surface area contributed by atoms with E-state index in [4.69, 9.17) is 5.11 Å². The van der Waals surface area contributed by atoms with Crippen LogP contribution in [0.5, 0.6) is 0 Å². The predicted molar refractivity (Wildman–Crippen MR) is 59.5 cm³/mol. The zero-order valence-corrected chi connectivity index (χ0v) is 9.81. The largest absolute Gasteiger partial charge is 0.481 e. The molecule has 0 aromatic carbocycles. The lowest BCUT2D eigenvalue weighted by molar-refractivity contribution is -0.133. The highest BCUT2D eigenvalue weighted by Gasteiger charge is 2.21. The van der Waals surface area contributed by atoms with E-state index in [2.05, 4.69) is 10.2 Å². The summed E-state index contributed by atoms with van der Waals surface area (Å²) in [5, 5.41) is 17.7. The minimum atomic E-state index is -0.808. The van der Waals surface area contributed by atoms with E-state index in [0.717, 1.165) is 9.35 Å². The third kappa shape index (κ3) is 2.92. The maximum absolute atomic E-state index is 10.4. The predicted octanol–water partition coefficient (Wildman–Crippen LogP) is 2.37. The highest BCUT2D eigenvalue weighted by atomic mass is 32.2. The van der Waals surface area contributed by atoms with Crippen LogP contribution in [0.4, 0.5) is 0 Å². The average Bonchev–Trinajstić information content (AvgIpc) is 2.85. The van der Waals surface area contributed by atoms with Gasteiger partial charge in [-0.15, -0.1) is 10.2 Å². The number of aliphatic carboxylic acids is 1. The monoisotopic (exact) mass is 244 g/mol. The second kappa shape index (κ2) is 4.94. The van der Waals surface area contributed by atoms with E-state index < -0.39 is 5.97 Å². The van der Waals surface area contributed by atoms with Gasteiger partial charge in [0, 0.05) is 5.92 Å². The number of nitrogens with zero attached hydrogens (tertiary/aromatic N) is 2. The molecule has 15 heavy (non-hydrogen) atoms. The standard InChI is InChI=1S/C9H12N2O2S2/c12-7(13)5-14-9-11-10-8(15-9)6-3-1-2-4-6/h6H,1-5H2,(H,12,13). The molecule has 1 fully saturated rings. The average molecular weight is 244 g/mol. The smallest absolute Gasteiger partial charge is 0.313 e. The van der Waals surface area contributed by atoms with Crippen molar-refractivity contribution >= 4 is 29.1 Å². The van der Waals surface area contributed by atoms with E-state index in [-0.39, 0.29) is 5.75 Å². The molecule has 4 nitrogen and oxygen atoms in total. The summed E-state index contributed by atoms with van der Waals surface area (Å²) in [6, 6.07) is 0. The lowest BCUT2D eigenvalue weighted by atomic mass is 10.1. The van der Waals surface area contributed by atoms with Crippen LogP contribution in [0.15, 0.2) is 4.34 Å². The number of carboxylic acids is 1. The molecule has 0 amide bonds. The first-order chi connectivity index (χ1) is 7.25. The Bertz CT molecular complexity index is 348. The molecule has 6 heteroatoms. The van der Waals surface area contributed by atoms with Crippen LogP contribution in [0.3, 0.4) is 0 Å². The summed E-state index contributed by atoms with van der Waals surface area (Å²) >= 11 is 2.80. The fraction of sp³-hybridized carbons (Fsp3) is 0.667. The Labute approximate surface area is 96.1 Å². The molecule has 0 radical (unpaired) electrons. The summed E-state index contributed by atoms with van der Waals surface area (Å²) in [4.78, 5) is 10.4. The van der Waals surface area contributed by atoms with Crippen LogP contribution in [0.1, 0.15) is 36.6 Å². The highest BCUT2D eigenvalue weighted by Crippen LogP contribution is 2.37. The van der Waals surface area contributed by atoms with Crippen LogP contribution in [0, 0.1) is 0 Å². The van der Waals surface area contributed by atoms with Crippen LogP contribution in [-0.4, -0.2) is 27.0 Å². The molecule has 1 saturated carbocycles. The van der Waals surface area contributed by atoms with Gasteiger partial charge in [-0.25, -0.2) is 0 Å². The Morgan fingerprint density at radius 2 is 2.20 bits per heavy atom. The molecular formula is C9H12N2O2S2. The highest BCUT2D eigenvalue weighted by molar-refractivity contribution is 8.01. The van der Waals surface area contributed by atoms with E-state index in [1.807, 2.05) is 0 Å². The van der Waals surface area contributed by atoms with Gasteiger partial charge in [-0.05, 0) is 12.8 Å². The molecule has 1 aliphatic rings. The Kier molecular flexibility index (Phi) is 3.58. The van der Waals surface area contributed by atoms with Gasteiger partial charge >= 0.3 is 5.97 Å². The summed E-state index contributed by atoms with van der Waals surface area (Å²) in [6.45, 7) is 0. The number of hydrogen-bond acceptors (Lipinski definition) is 5. The number of rotatable bonds is 4. The quantitative estimate of drug-likeness (QED) is 0.824. The molecule has 0 bridgehead atoms. The third-order valence-electron chi connectivity index (χ3n) is 2.45. The maximum Gasteiger partial charge on any atom is 0.313 e. The van der Waals surface area contributed by atoms with E-state index in [0.29, 0.717) is 5.92 Å². The second-order valence-corrected chi connectivity index (χ2v) is 5.80. The van der Waals surface area contributed by atoms with Crippen molar-refractivity contribution in [1.82, 2.24) is 10.2 Å². The Balaban J connectivity index is 1.94. The Hall–Kier alpha value is -0.620. The van der Waals surface area contributed by atoms with Gasteiger partial charge < -0.3 is 5.11 Å². The second-order valence-electron chi connectivity index (χ2n) is 3.57. The summed E-state index contributed by atoms with van der Waals surface area (Å²) in [6.07, 6.45) is 4.97. The van der Waals surface area contributed by atoms with Crippen LogP contribution in [0.25, 0.3) is 0 Å². The normalized spacial score (nSPS) is 17.1. The Morgan fingerprint density at radius 1 is 1.47 bits per heavy atom. The molecule has 1 aromatic rings. The lowest BCUT2D eigenvalue weighted by Crippen LogP contribution is -1.96. The van der Waals surface area contributed by atoms with Crippen LogP contribution in [0.2, 0.25) is 0 Å². The van der Waals surface area contributed by atoms with Gasteiger partial charge in [0.1, 0.15) is 5.01 Å². The molecule has 0 saturated heterocycles. The van der Waals surface area contributed by atoms with Crippen molar-refractivity contribution in [3.63, 3.8) is 0 Å². The zero-order chi connectivity index (χ0) is 10.7. The molecule has 1 aliphatic carbocycles. The van der Waals surface area contributed by atoms with Gasteiger partial charge in [0.2, 0.25) is 0 Å². The summed E-state index contributed by atoms with van der Waals surface area (Å²) < 4.78 is 0.777. The van der Waals surface area contributed by atoms with Crippen molar-refractivity contribution in [1.29, 1.82) is 0 Å². The minimum absolute atomic E-state index is 0.0687. The molecule has 1 aromatic heterocycles. The first kappa shape index (κ1) is 10.9. The van der Waals surface area contributed by atoms with Crippen molar-refractivity contribution in [2.24, 2.45) is 0 Å². The first-order valence-electron chi connectivity index (χ1n) is 4.93. The van der Waals surface area contributed by atoms with Gasteiger partial charge in [0.15, 0.2) is 4.34 Å². The van der Waals surface area contributed by atoms with Crippen molar-refractivity contribution in [2.45, 2.75) is 35.9 Å². The van der Waals surface area contributed by atoms with Gasteiger partial charge in [0.05, 0.1) is 5.75 Å². The van der Waals surface area contributed by atoms with Gasteiger partial charge in [-0.1, -0.05) is 35.9 Å². The minimum Gasteiger partial charge on any atom is -0.481 e. The third-order valence-corrected chi connectivity index (χ3v) is 4.65. The number of carbonyl (C=O) groups is 1. The molecule has 0 atom stereocenters. The SMILES string of the molecule is O=C(O)CSc1nnc(C2CCCC2)s1. The van der Waals surface area contributed by atoms with Crippen LogP contribution < -0.4 is 0 Å². The van der Waals surface area contributed by atoms with Gasteiger partial charge in [0.25, 0.3) is 0 Å². The van der Waals surface area contributed by atoms with E-state index >= 15 is 0 Å². The molecule has 0 spiro atoms. The number of aromatic nitrogens is 2. The van der Waals surface area contributed by atoms with Gasteiger partial charge in [-0.3, -0.25) is 4.79 Å². The van der Waals surface area contributed by atoms with Crippen molar-refractivity contribution in [3.8, 4) is 0 Å². The molecule has 2 rings (SSSR count). The summed E-state index contributed by atoms with van der Waals surface area (Å²) in [5.41, 5.74) is 0. The summed E-state index contributed by atoms with van der Waals surface area (Å²) in [5.74, 6) is -0.168. The van der Waals surface area contributed by atoms with Crippen molar-refractivity contribution in [3.05, 3.63) is 5.01 Å². The number of thioether (sulfide) groups is 1. The fourth-order valence-electron chi connectivity index (χ4n) is 1.74. The molecule has 1 heterocycles. The van der Waals surface area contributed by atoms with Crippen molar-refractivity contribution < 1.29 is 9.90 Å². The fourth-order valence-corrected chi connectivity index (χ4v) is 3.50. The molecule has 82 valence electrons. The van der Waals surface area contributed by atoms with E-state index in [9.17, 15) is 4.79 Å². The van der Waals surface area contributed by atoms with Crippen LogP contribution in [-0.2, 0) is 4.79 Å². The van der Waals surface area contributed by atoms with Gasteiger partial charge in [-0.2, -0.15) is 0 Å². The molecule has 1 N–H and O–H groups in total. The Morgan fingerprint density at radius 3 is 2.87 bits per heavy atom. The van der Waals surface area contributed by atoms with E-state index in [1.54, 1.807) is 11.3 Å². The zero-order valence-electron chi connectivity index (χ0n) is 8.18. The molecular weight excluding hydrogens is 232 g/mol.